The van der Waals surface area contributed by atoms with Gasteiger partial charge in [-0.05, 0) is 64.1 Å². The molecule has 3 aromatic rings. The summed E-state index contributed by atoms with van der Waals surface area (Å²) < 4.78 is 68.7. The highest BCUT2D eigenvalue weighted by Crippen LogP contribution is 2.34. The fraction of sp³-hybridized carbons (Fsp3) is 0.273. The van der Waals surface area contributed by atoms with Crippen LogP contribution in [0.25, 0.3) is 5.69 Å². The van der Waals surface area contributed by atoms with Crippen LogP contribution in [-0.2, 0) is 16.2 Å². The Labute approximate surface area is 189 Å². The molecular formula is C22H23F3N4O3S. The van der Waals surface area contributed by atoms with Crippen molar-refractivity contribution in [3.05, 3.63) is 71.4 Å². The summed E-state index contributed by atoms with van der Waals surface area (Å²) in [7, 11) is -3.78. The van der Waals surface area contributed by atoms with Crippen LogP contribution in [0.5, 0.6) is 0 Å². The lowest BCUT2D eigenvalue weighted by Gasteiger charge is -2.20. The van der Waals surface area contributed by atoms with Crippen LogP contribution in [-0.4, -0.2) is 29.6 Å². The number of aryl methyl sites for hydroxylation is 1. The monoisotopic (exact) mass is 480 g/mol. The van der Waals surface area contributed by atoms with E-state index < -0.39 is 33.2 Å². The van der Waals surface area contributed by atoms with Crippen molar-refractivity contribution in [3.63, 3.8) is 0 Å². The number of nitrogens with one attached hydrogen (secondary N) is 2. The van der Waals surface area contributed by atoms with Crippen LogP contribution < -0.4 is 10.0 Å². The molecule has 7 nitrogen and oxygen atoms in total. The number of hydrogen-bond donors (Lipinski definition) is 2. The first-order valence-electron chi connectivity index (χ1n) is 9.86. The number of carbonyl (C=O) groups is 1. The summed E-state index contributed by atoms with van der Waals surface area (Å²) in [6.45, 7) is 6.70. The maximum absolute atomic E-state index is 13.5. The number of nitrogens with zero attached hydrogens (tertiary/aromatic N) is 2. The van der Waals surface area contributed by atoms with Gasteiger partial charge in [0.1, 0.15) is 5.82 Å². The molecule has 0 bridgehead atoms. The van der Waals surface area contributed by atoms with Crippen molar-refractivity contribution < 1.29 is 26.4 Å². The minimum atomic E-state index is -4.61. The molecule has 3 rings (SSSR count). The Morgan fingerprint density at radius 2 is 1.61 bits per heavy atom. The van der Waals surface area contributed by atoms with Gasteiger partial charge in [-0.15, -0.1) is 0 Å². The van der Waals surface area contributed by atoms with Gasteiger partial charge in [0.15, 0.2) is 0 Å². The fourth-order valence-corrected chi connectivity index (χ4v) is 4.52. The molecule has 1 heterocycles. The Balaban J connectivity index is 1.89. The average molecular weight is 481 g/mol. The minimum Gasteiger partial charge on any atom is -0.306 e. The largest absolute Gasteiger partial charge is 0.418 e. The van der Waals surface area contributed by atoms with Crippen LogP contribution in [0, 0.1) is 6.92 Å². The molecule has 0 aliphatic heterocycles. The van der Waals surface area contributed by atoms with Crippen molar-refractivity contribution in [2.45, 2.75) is 44.3 Å². The summed E-state index contributed by atoms with van der Waals surface area (Å²) >= 11 is 0. The van der Waals surface area contributed by atoms with Crippen LogP contribution in [0.2, 0.25) is 0 Å². The van der Waals surface area contributed by atoms with Gasteiger partial charge in [0.05, 0.1) is 21.8 Å². The van der Waals surface area contributed by atoms with Crippen molar-refractivity contribution in [1.82, 2.24) is 14.5 Å². The van der Waals surface area contributed by atoms with Crippen molar-refractivity contribution >= 4 is 21.7 Å². The lowest BCUT2D eigenvalue weighted by atomic mass is 10.1. The van der Waals surface area contributed by atoms with E-state index in [4.69, 9.17) is 0 Å². The molecule has 0 fully saturated rings. The van der Waals surface area contributed by atoms with Crippen LogP contribution in [0.3, 0.4) is 0 Å². The van der Waals surface area contributed by atoms with E-state index in [-0.39, 0.29) is 22.0 Å². The van der Waals surface area contributed by atoms with E-state index >= 15 is 0 Å². The first kappa shape index (κ1) is 24.5. The summed E-state index contributed by atoms with van der Waals surface area (Å²) in [6.07, 6.45) is -4.61. The van der Waals surface area contributed by atoms with E-state index in [0.29, 0.717) is 5.69 Å². The first-order chi connectivity index (χ1) is 15.2. The lowest BCUT2D eigenvalue weighted by Crippen LogP contribution is -2.40. The molecular weight excluding hydrogens is 457 g/mol. The third kappa shape index (κ3) is 5.79. The fourth-order valence-electron chi connectivity index (χ4n) is 3.11. The molecule has 0 radical (unpaired) electrons. The van der Waals surface area contributed by atoms with Gasteiger partial charge < -0.3 is 5.32 Å². The molecule has 176 valence electrons. The van der Waals surface area contributed by atoms with Gasteiger partial charge in [0, 0.05) is 17.2 Å². The van der Waals surface area contributed by atoms with E-state index in [1.807, 2.05) is 0 Å². The van der Waals surface area contributed by atoms with Crippen LogP contribution >= 0.6 is 0 Å². The zero-order valence-corrected chi connectivity index (χ0v) is 19.2. The summed E-state index contributed by atoms with van der Waals surface area (Å²) in [6, 6.07) is 11.6. The standard InChI is InChI=1S/C22H23F3N4O3S/c1-14-13-19(29(27-14)18-8-6-5-7-17(18)22(23,24)25)26-20(30)15-9-11-16(12-10-15)33(31,32)28-21(2,3)4/h5-13,28H,1-4H3,(H,26,30). The molecule has 0 aliphatic rings. The van der Waals surface area contributed by atoms with Crippen LogP contribution in [0.4, 0.5) is 19.0 Å². The van der Waals surface area contributed by atoms with Crippen molar-refractivity contribution in [1.29, 1.82) is 0 Å². The third-order valence-corrected chi connectivity index (χ3v) is 6.15. The summed E-state index contributed by atoms with van der Waals surface area (Å²) in [5, 5.41) is 6.65. The molecule has 0 unspecified atom stereocenters. The van der Waals surface area contributed by atoms with Crippen molar-refractivity contribution in [2.75, 3.05) is 5.32 Å². The number of sulfonamides is 1. The molecule has 0 atom stereocenters. The third-order valence-electron chi connectivity index (χ3n) is 4.38. The summed E-state index contributed by atoms with van der Waals surface area (Å²) in [5.74, 6) is -0.589. The maximum atomic E-state index is 13.5. The molecule has 33 heavy (non-hydrogen) atoms. The highest BCUT2D eigenvalue weighted by Gasteiger charge is 2.34. The highest BCUT2D eigenvalue weighted by atomic mass is 32.2. The van der Waals surface area contributed by atoms with E-state index in [1.165, 1.54) is 48.5 Å². The SMILES string of the molecule is Cc1cc(NC(=O)c2ccc(S(=O)(=O)NC(C)(C)C)cc2)n(-c2ccccc2C(F)(F)F)n1. The van der Waals surface area contributed by atoms with Crippen molar-refractivity contribution in [3.8, 4) is 5.69 Å². The number of halogens is 3. The van der Waals surface area contributed by atoms with Gasteiger partial charge in [-0.1, -0.05) is 12.1 Å². The maximum Gasteiger partial charge on any atom is 0.418 e. The van der Waals surface area contributed by atoms with Gasteiger partial charge >= 0.3 is 6.18 Å². The summed E-state index contributed by atoms with van der Waals surface area (Å²) in [5.41, 5.74) is -1.29. The number of benzene rings is 2. The topological polar surface area (TPSA) is 93.1 Å². The van der Waals surface area contributed by atoms with Gasteiger partial charge in [-0.25, -0.2) is 17.8 Å². The molecule has 0 saturated carbocycles. The zero-order chi connectivity index (χ0) is 24.6. The number of amides is 1. The number of para-hydroxylation sites is 1. The predicted octanol–water partition coefficient (Wildman–Crippen LogP) is 4.53. The quantitative estimate of drug-likeness (QED) is 0.561. The molecule has 1 amide bonds. The van der Waals surface area contributed by atoms with Gasteiger partial charge in [0.2, 0.25) is 10.0 Å². The van der Waals surface area contributed by atoms with Gasteiger partial charge in [0.25, 0.3) is 5.91 Å². The number of aromatic nitrogens is 2. The Hall–Kier alpha value is -3.18. The van der Waals surface area contributed by atoms with E-state index in [1.54, 1.807) is 27.7 Å². The van der Waals surface area contributed by atoms with E-state index in [2.05, 4.69) is 15.1 Å². The normalized spacial score (nSPS) is 12.6. The first-order valence-corrected chi connectivity index (χ1v) is 11.3. The number of anilines is 1. The number of alkyl halides is 3. The predicted molar refractivity (Wildman–Crippen MR) is 118 cm³/mol. The van der Waals surface area contributed by atoms with Gasteiger partial charge in [-0.2, -0.15) is 18.3 Å². The molecule has 2 N–H and O–H groups in total. The lowest BCUT2D eigenvalue weighted by molar-refractivity contribution is -0.137. The Kier molecular flexibility index (Phi) is 6.40. The van der Waals surface area contributed by atoms with Crippen LogP contribution in [0.1, 0.15) is 42.4 Å². The molecule has 0 aliphatic carbocycles. The number of rotatable bonds is 5. The van der Waals surface area contributed by atoms with E-state index in [9.17, 15) is 26.4 Å². The Morgan fingerprint density at radius 3 is 2.18 bits per heavy atom. The number of carbonyl (C=O) groups excluding carboxylic acids is 1. The minimum absolute atomic E-state index is 0.0195. The second-order valence-electron chi connectivity index (χ2n) is 8.43. The molecule has 0 saturated heterocycles. The van der Waals surface area contributed by atoms with Crippen LogP contribution in [0.15, 0.2) is 59.5 Å². The molecule has 1 aromatic heterocycles. The van der Waals surface area contributed by atoms with Gasteiger partial charge in [-0.3, -0.25) is 4.79 Å². The van der Waals surface area contributed by atoms with Crippen molar-refractivity contribution in [2.24, 2.45) is 0 Å². The van der Waals surface area contributed by atoms with E-state index in [0.717, 1.165) is 10.7 Å². The molecule has 0 spiro atoms. The molecule has 11 heteroatoms. The summed E-state index contributed by atoms with van der Waals surface area (Å²) in [4.78, 5) is 12.7. The Morgan fingerprint density at radius 1 is 1.00 bits per heavy atom. The average Bonchev–Trinajstić information content (AvgIpc) is 3.05. The zero-order valence-electron chi connectivity index (χ0n) is 18.4. The second kappa shape index (κ2) is 8.64. The number of hydrogen-bond acceptors (Lipinski definition) is 4. The highest BCUT2D eigenvalue weighted by molar-refractivity contribution is 7.89. The second-order valence-corrected chi connectivity index (χ2v) is 10.1. The Bertz CT molecular complexity index is 1280. The molecule has 2 aromatic carbocycles. The smallest absolute Gasteiger partial charge is 0.306 e.